The van der Waals surface area contributed by atoms with E-state index in [1.807, 2.05) is 0 Å². The summed E-state index contributed by atoms with van der Waals surface area (Å²) in [5.41, 5.74) is -2.09. The molecule has 23 heavy (non-hydrogen) atoms. The molecule has 0 spiro atoms. The van der Waals surface area contributed by atoms with E-state index in [2.05, 4.69) is 4.74 Å². The second-order valence-electron chi connectivity index (χ2n) is 6.66. The first-order chi connectivity index (χ1) is 10.3. The summed E-state index contributed by atoms with van der Waals surface area (Å²) >= 11 is 0. The maximum Gasteiger partial charge on any atom is 0.411 e. The Morgan fingerprint density at radius 2 is 1.70 bits per heavy atom. The summed E-state index contributed by atoms with van der Waals surface area (Å²) in [4.78, 5) is 24.7. The molecule has 6 nitrogen and oxygen atoms in total. The Labute approximate surface area is 132 Å². The van der Waals surface area contributed by atoms with Crippen LogP contribution >= 0.6 is 0 Å². The van der Waals surface area contributed by atoms with Crippen LogP contribution in [0.15, 0.2) is 0 Å². The highest BCUT2D eigenvalue weighted by atomic mass is 19.4. The second kappa shape index (κ2) is 6.94. The monoisotopic (exact) mass is 341 g/mol. The van der Waals surface area contributed by atoms with Gasteiger partial charge in [0.05, 0.1) is 12.0 Å². The third-order valence-electron chi connectivity index (χ3n) is 3.47. The lowest BCUT2D eigenvalue weighted by Crippen LogP contribution is -2.50. The highest BCUT2D eigenvalue weighted by Gasteiger charge is 2.44. The highest BCUT2D eigenvalue weighted by Crippen LogP contribution is 2.33. The average Bonchev–Trinajstić information content (AvgIpc) is 2.35. The molecule has 1 aliphatic heterocycles. The molecule has 0 aliphatic carbocycles. The predicted octanol–water partition coefficient (Wildman–Crippen LogP) is 2.67. The van der Waals surface area contributed by atoms with E-state index in [0.29, 0.717) is 0 Å². The molecule has 1 aliphatic rings. The molecule has 0 atom stereocenters. The van der Waals surface area contributed by atoms with Crippen molar-refractivity contribution < 1.29 is 37.3 Å². The van der Waals surface area contributed by atoms with Gasteiger partial charge in [-0.25, -0.2) is 4.79 Å². The fourth-order valence-corrected chi connectivity index (χ4v) is 2.23. The number of carbonyl (C=O) groups excluding carboxylic acids is 1. The van der Waals surface area contributed by atoms with Gasteiger partial charge in [0.1, 0.15) is 12.2 Å². The van der Waals surface area contributed by atoms with Gasteiger partial charge >= 0.3 is 18.2 Å². The fraction of sp³-hybridized carbons (Fsp3) is 0.857. The molecule has 9 heteroatoms. The van der Waals surface area contributed by atoms with Crippen LogP contribution in [0.1, 0.15) is 33.6 Å². The fourth-order valence-electron chi connectivity index (χ4n) is 2.23. The topological polar surface area (TPSA) is 76.1 Å². The standard InChI is InChI=1S/C14H22F3NO5/c1-12(2,3)23-11(21)18-6-4-13(5-7-18,10(19)20)8-22-9-14(15,16)17/h4-9H2,1-3H3,(H,19,20). The van der Waals surface area contributed by atoms with Crippen LogP contribution in [0.5, 0.6) is 0 Å². The smallest absolute Gasteiger partial charge is 0.411 e. The predicted molar refractivity (Wildman–Crippen MR) is 74.0 cm³/mol. The van der Waals surface area contributed by atoms with E-state index in [-0.39, 0.29) is 25.9 Å². The van der Waals surface area contributed by atoms with Crippen LogP contribution in [0.3, 0.4) is 0 Å². The summed E-state index contributed by atoms with van der Waals surface area (Å²) in [6, 6.07) is 0. The van der Waals surface area contributed by atoms with E-state index in [1.54, 1.807) is 20.8 Å². The Bertz CT molecular complexity index is 437. The van der Waals surface area contributed by atoms with Crippen molar-refractivity contribution in [2.75, 3.05) is 26.3 Å². The lowest BCUT2D eigenvalue weighted by Gasteiger charge is -2.39. The Morgan fingerprint density at radius 3 is 2.09 bits per heavy atom. The van der Waals surface area contributed by atoms with E-state index in [9.17, 15) is 27.9 Å². The normalized spacial score (nSPS) is 18.6. The lowest BCUT2D eigenvalue weighted by molar-refractivity contribution is -0.189. The van der Waals surface area contributed by atoms with Crippen LogP contribution in [-0.4, -0.2) is 60.1 Å². The molecule has 0 aromatic rings. The molecule has 1 rings (SSSR count). The molecule has 1 fully saturated rings. The van der Waals surface area contributed by atoms with E-state index < -0.39 is 42.5 Å². The number of amides is 1. The van der Waals surface area contributed by atoms with E-state index in [0.717, 1.165) is 0 Å². The Hall–Kier alpha value is -1.51. The molecule has 0 aromatic carbocycles. The Kier molecular flexibility index (Phi) is 5.89. The number of hydrogen-bond acceptors (Lipinski definition) is 4. The van der Waals surface area contributed by atoms with Gasteiger partial charge in [0, 0.05) is 13.1 Å². The van der Waals surface area contributed by atoms with Crippen LogP contribution in [0.4, 0.5) is 18.0 Å². The number of carboxylic acid groups (broad SMARTS) is 1. The van der Waals surface area contributed by atoms with Crippen molar-refractivity contribution in [3.63, 3.8) is 0 Å². The number of nitrogens with zero attached hydrogens (tertiary/aromatic N) is 1. The van der Waals surface area contributed by atoms with Crippen molar-refractivity contribution in [3.8, 4) is 0 Å². The highest BCUT2D eigenvalue weighted by molar-refractivity contribution is 5.76. The number of halogens is 3. The van der Waals surface area contributed by atoms with E-state index in [4.69, 9.17) is 4.74 Å². The Balaban J connectivity index is 2.60. The number of carboxylic acids is 1. The third kappa shape index (κ3) is 6.25. The second-order valence-corrected chi connectivity index (χ2v) is 6.66. The molecule has 1 N–H and O–H groups in total. The number of ether oxygens (including phenoxy) is 2. The van der Waals surface area contributed by atoms with Crippen molar-refractivity contribution in [3.05, 3.63) is 0 Å². The maximum absolute atomic E-state index is 12.1. The zero-order valence-electron chi connectivity index (χ0n) is 13.4. The number of likely N-dealkylation sites (tertiary alicyclic amines) is 1. The molecule has 0 saturated carbocycles. The molecule has 0 bridgehead atoms. The summed E-state index contributed by atoms with van der Waals surface area (Å²) in [5.74, 6) is -1.22. The lowest BCUT2D eigenvalue weighted by atomic mass is 9.79. The minimum Gasteiger partial charge on any atom is -0.481 e. The first-order valence-corrected chi connectivity index (χ1v) is 7.20. The maximum atomic E-state index is 12.1. The first kappa shape index (κ1) is 19.5. The minimum atomic E-state index is -4.50. The van der Waals surface area contributed by atoms with Gasteiger partial charge in [-0.1, -0.05) is 0 Å². The van der Waals surface area contributed by atoms with Gasteiger partial charge < -0.3 is 19.5 Å². The van der Waals surface area contributed by atoms with Gasteiger partial charge in [-0.2, -0.15) is 13.2 Å². The third-order valence-corrected chi connectivity index (χ3v) is 3.47. The number of rotatable bonds is 4. The van der Waals surface area contributed by atoms with Crippen LogP contribution in [0.2, 0.25) is 0 Å². The number of hydrogen-bond donors (Lipinski definition) is 1. The van der Waals surface area contributed by atoms with Crippen LogP contribution in [0.25, 0.3) is 0 Å². The van der Waals surface area contributed by atoms with Crippen LogP contribution in [-0.2, 0) is 14.3 Å². The minimum absolute atomic E-state index is 0.0133. The molecule has 1 amide bonds. The summed E-state index contributed by atoms with van der Waals surface area (Å²) in [6.07, 6.45) is -5.04. The number of carbonyl (C=O) groups is 2. The number of alkyl halides is 3. The molecule has 1 saturated heterocycles. The van der Waals surface area contributed by atoms with Gasteiger partial charge in [0.25, 0.3) is 0 Å². The summed E-state index contributed by atoms with van der Waals surface area (Å²) in [5, 5.41) is 9.33. The largest absolute Gasteiger partial charge is 0.481 e. The van der Waals surface area contributed by atoms with Gasteiger partial charge in [-0.3, -0.25) is 4.79 Å². The van der Waals surface area contributed by atoms with E-state index in [1.165, 1.54) is 4.90 Å². The molecule has 1 heterocycles. The van der Waals surface area contributed by atoms with Gasteiger partial charge in [0.2, 0.25) is 0 Å². The van der Waals surface area contributed by atoms with Gasteiger partial charge in [0.15, 0.2) is 0 Å². The zero-order valence-corrected chi connectivity index (χ0v) is 13.4. The van der Waals surface area contributed by atoms with Crippen molar-refractivity contribution in [2.24, 2.45) is 5.41 Å². The van der Waals surface area contributed by atoms with E-state index >= 15 is 0 Å². The zero-order chi connectivity index (χ0) is 17.9. The summed E-state index contributed by atoms with van der Waals surface area (Å²) < 4.78 is 46.1. The quantitative estimate of drug-likeness (QED) is 0.851. The summed E-state index contributed by atoms with van der Waals surface area (Å²) in [6.45, 7) is 3.29. The SMILES string of the molecule is CC(C)(C)OC(=O)N1CCC(COCC(F)(F)F)(C(=O)O)CC1. The van der Waals surface area contributed by atoms with Crippen LogP contribution < -0.4 is 0 Å². The Morgan fingerprint density at radius 1 is 1.17 bits per heavy atom. The molecular weight excluding hydrogens is 319 g/mol. The molecule has 134 valence electrons. The van der Waals surface area contributed by atoms with Crippen molar-refractivity contribution in [1.82, 2.24) is 4.90 Å². The molecular formula is C14H22F3NO5. The molecule has 0 aromatic heterocycles. The number of aliphatic carboxylic acids is 1. The average molecular weight is 341 g/mol. The molecule has 0 unspecified atom stereocenters. The van der Waals surface area contributed by atoms with Gasteiger partial charge in [-0.05, 0) is 33.6 Å². The van der Waals surface area contributed by atoms with Crippen molar-refractivity contribution in [2.45, 2.75) is 45.4 Å². The number of piperidine rings is 1. The van der Waals surface area contributed by atoms with Gasteiger partial charge in [-0.15, -0.1) is 0 Å². The summed E-state index contributed by atoms with van der Waals surface area (Å²) in [7, 11) is 0. The van der Waals surface area contributed by atoms with Crippen molar-refractivity contribution in [1.29, 1.82) is 0 Å². The van der Waals surface area contributed by atoms with Crippen LogP contribution in [0, 0.1) is 5.41 Å². The first-order valence-electron chi connectivity index (χ1n) is 7.20. The van der Waals surface area contributed by atoms with Crippen molar-refractivity contribution >= 4 is 12.1 Å². The molecule has 0 radical (unpaired) electrons.